The monoisotopic (exact) mass is 382 g/mol. The van der Waals surface area contributed by atoms with Crippen LogP contribution in [-0.4, -0.2) is 40.3 Å². The number of hydrogen-bond donors (Lipinski definition) is 2. The molecule has 1 saturated carbocycles. The number of methoxy groups -OCH3 is 1. The van der Waals surface area contributed by atoms with E-state index in [1.54, 1.807) is 14.0 Å². The fourth-order valence-electron chi connectivity index (χ4n) is 3.35. The summed E-state index contributed by atoms with van der Waals surface area (Å²) in [4.78, 5) is 12.4. The van der Waals surface area contributed by atoms with Gasteiger partial charge in [0.1, 0.15) is 5.75 Å². The van der Waals surface area contributed by atoms with Crippen LogP contribution in [0.5, 0.6) is 5.75 Å². The highest BCUT2D eigenvalue weighted by atomic mass is 32.2. The number of hydrogen-bond acceptors (Lipinski definition) is 4. The van der Waals surface area contributed by atoms with Crippen molar-refractivity contribution in [2.24, 2.45) is 11.8 Å². The van der Waals surface area contributed by atoms with Crippen LogP contribution in [0.1, 0.15) is 38.2 Å². The summed E-state index contributed by atoms with van der Waals surface area (Å²) < 4.78 is 31.0. The lowest BCUT2D eigenvalue weighted by Gasteiger charge is -2.27. The van der Waals surface area contributed by atoms with Gasteiger partial charge in [-0.25, -0.2) is 13.1 Å². The Hall–Kier alpha value is -1.60. The number of sulfonamides is 1. The van der Waals surface area contributed by atoms with Crippen molar-refractivity contribution in [1.29, 1.82) is 0 Å². The van der Waals surface area contributed by atoms with Gasteiger partial charge in [-0.3, -0.25) is 4.79 Å². The lowest BCUT2D eigenvalue weighted by molar-refractivity contribution is -0.126. The van der Waals surface area contributed by atoms with Crippen LogP contribution < -0.4 is 14.8 Å². The minimum absolute atomic E-state index is 0.0340. The third-order valence-corrected chi connectivity index (χ3v) is 6.44. The van der Waals surface area contributed by atoms with Crippen LogP contribution in [0.4, 0.5) is 0 Å². The first kappa shape index (κ1) is 20.7. The fourth-order valence-corrected chi connectivity index (χ4v) is 4.04. The van der Waals surface area contributed by atoms with Crippen LogP contribution >= 0.6 is 0 Å². The Morgan fingerprint density at radius 2 is 1.88 bits per heavy atom. The summed E-state index contributed by atoms with van der Waals surface area (Å²) in [6.45, 7) is 2.71. The van der Waals surface area contributed by atoms with Crippen LogP contribution in [0.2, 0.25) is 0 Å². The minimum atomic E-state index is -3.13. The number of rotatable bonds is 9. The first-order valence-corrected chi connectivity index (χ1v) is 11.0. The summed E-state index contributed by atoms with van der Waals surface area (Å²) in [5.41, 5.74) is 1.09. The first-order chi connectivity index (χ1) is 12.4. The summed E-state index contributed by atoms with van der Waals surface area (Å²) in [6, 6.07) is 7.83. The second kappa shape index (κ2) is 9.92. The van der Waals surface area contributed by atoms with Crippen molar-refractivity contribution in [3.8, 4) is 5.75 Å². The second-order valence-electron chi connectivity index (χ2n) is 6.82. The van der Waals surface area contributed by atoms with E-state index in [0.717, 1.165) is 43.4 Å². The lowest BCUT2D eigenvalue weighted by atomic mass is 9.81. The maximum atomic E-state index is 12.4. The highest BCUT2D eigenvalue weighted by molar-refractivity contribution is 7.89. The molecule has 1 amide bonds. The highest BCUT2D eigenvalue weighted by Gasteiger charge is 2.26. The molecule has 0 aromatic heterocycles. The van der Waals surface area contributed by atoms with Gasteiger partial charge in [0, 0.05) is 19.0 Å². The molecule has 0 heterocycles. The standard InChI is InChI=1S/C19H30N2O4S/c1-3-26(23,24)21-14-15-8-10-17(11-9-15)19(22)20-13-12-16-6-4-5-7-18(16)25-2/h4-7,15,17,21H,3,8-14H2,1-2H3,(H,20,22). The van der Waals surface area contributed by atoms with Gasteiger partial charge in [-0.05, 0) is 56.6 Å². The number of amides is 1. The maximum absolute atomic E-state index is 12.4. The summed E-state index contributed by atoms with van der Waals surface area (Å²) in [6.07, 6.45) is 4.15. The Bertz CT molecular complexity index is 683. The quantitative estimate of drug-likeness (QED) is 0.685. The molecule has 1 aliphatic rings. The van der Waals surface area contributed by atoms with Crippen LogP contribution in [0.15, 0.2) is 24.3 Å². The molecule has 0 aliphatic heterocycles. The van der Waals surface area contributed by atoms with E-state index >= 15 is 0 Å². The molecule has 1 aromatic carbocycles. The SMILES string of the molecule is CCS(=O)(=O)NCC1CCC(C(=O)NCCc2ccccc2OC)CC1. The Morgan fingerprint density at radius 1 is 1.19 bits per heavy atom. The van der Waals surface area contributed by atoms with Gasteiger partial charge in [-0.2, -0.15) is 0 Å². The topological polar surface area (TPSA) is 84.5 Å². The molecule has 1 aliphatic carbocycles. The number of para-hydroxylation sites is 1. The molecule has 2 N–H and O–H groups in total. The molecular formula is C19H30N2O4S. The third-order valence-electron chi connectivity index (χ3n) is 5.08. The van der Waals surface area contributed by atoms with Gasteiger partial charge in [0.15, 0.2) is 0 Å². The molecule has 0 atom stereocenters. The van der Waals surface area contributed by atoms with E-state index in [1.165, 1.54) is 0 Å². The minimum Gasteiger partial charge on any atom is -0.496 e. The van der Waals surface area contributed by atoms with Gasteiger partial charge in [0.25, 0.3) is 0 Å². The predicted molar refractivity (Wildman–Crippen MR) is 103 cm³/mol. The molecule has 0 spiro atoms. The number of ether oxygens (including phenoxy) is 1. The molecule has 26 heavy (non-hydrogen) atoms. The Labute approximate surface area is 156 Å². The molecule has 0 bridgehead atoms. The fraction of sp³-hybridized carbons (Fsp3) is 0.632. The van der Waals surface area contributed by atoms with Crippen molar-refractivity contribution >= 4 is 15.9 Å². The average molecular weight is 383 g/mol. The zero-order valence-corrected chi connectivity index (χ0v) is 16.5. The largest absolute Gasteiger partial charge is 0.496 e. The zero-order chi connectivity index (χ0) is 19.0. The van der Waals surface area contributed by atoms with Gasteiger partial charge in [0.05, 0.1) is 12.9 Å². The van der Waals surface area contributed by atoms with Crippen molar-refractivity contribution in [2.75, 3.05) is 26.0 Å². The average Bonchev–Trinajstić information content (AvgIpc) is 2.67. The van der Waals surface area contributed by atoms with Crippen LogP contribution in [-0.2, 0) is 21.2 Å². The Morgan fingerprint density at radius 3 is 2.54 bits per heavy atom. The summed E-state index contributed by atoms with van der Waals surface area (Å²) >= 11 is 0. The maximum Gasteiger partial charge on any atom is 0.223 e. The zero-order valence-electron chi connectivity index (χ0n) is 15.7. The molecule has 1 aromatic rings. The van der Waals surface area contributed by atoms with Crippen LogP contribution in [0.3, 0.4) is 0 Å². The van der Waals surface area contributed by atoms with Gasteiger partial charge in [-0.15, -0.1) is 0 Å². The van der Waals surface area contributed by atoms with Gasteiger partial charge < -0.3 is 10.1 Å². The molecule has 0 radical (unpaired) electrons. The summed E-state index contributed by atoms with van der Waals surface area (Å²) in [5, 5.41) is 3.03. The van der Waals surface area contributed by atoms with Crippen molar-refractivity contribution in [2.45, 2.75) is 39.0 Å². The van der Waals surface area contributed by atoms with Crippen molar-refractivity contribution < 1.29 is 17.9 Å². The normalized spacial score (nSPS) is 20.5. The molecule has 6 nitrogen and oxygen atoms in total. The van der Waals surface area contributed by atoms with Gasteiger partial charge in [-0.1, -0.05) is 18.2 Å². The molecule has 1 fully saturated rings. The summed E-state index contributed by atoms with van der Waals surface area (Å²) in [5.74, 6) is 1.42. The Kier molecular flexibility index (Phi) is 7.90. The van der Waals surface area contributed by atoms with Crippen LogP contribution in [0, 0.1) is 11.8 Å². The molecule has 2 rings (SSSR count). The van der Waals surface area contributed by atoms with E-state index in [4.69, 9.17) is 4.74 Å². The molecular weight excluding hydrogens is 352 g/mol. The van der Waals surface area contributed by atoms with Gasteiger partial charge in [0.2, 0.25) is 15.9 Å². The first-order valence-electron chi connectivity index (χ1n) is 9.32. The van der Waals surface area contributed by atoms with Crippen molar-refractivity contribution in [3.63, 3.8) is 0 Å². The number of nitrogens with one attached hydrogen (secondary N) is 2. The van der Waals surface area contributed by atoms with Crippen molar-refractivity contribution in [3.05, 3.63) is 29.8 Å². The molecule has 146 valence electrons. The van der Waals surface area contributed by atoms with Crippen LogP contribution in [0.25, 0.3) is 0 Å². The Balaban J connectivity index is 1.70. The number of carbonyl (C=O) groups excluding carboxylic acids is 1. The molecule has 7 heteroatoms. The lowest BCUT2D eigenvalue weighted by Crippen LogP contribution is -2.37. The van der Waals surface area contributed by atoms with E-state index in [1.807, 2.05) is 24.3 Å². The van der Waals surface area contributed by atoms with Gasteiger partial charge >= 0.3 is 0 Å². The predicted octanol–water partition coefficient (Wildman–Crippen LogP) is 2.10. The summed E-state index contributed by atoms with van der Waals surface area (Å²) in [7, 11) is -1.48. The van der Waals surface area contributed by atoms with E-state index < -0.39 is 10.0 Å². The second-order valence-corrected chi connectivity index (χ2v) is 8.92. The molecule has 0 unspecified atom stereocenters. The van der Waals surface area contributed by atoms with E-state index in [-0.39, 0.29) is 17.6 Å². The van der Waals surface area contributed by atoms with Crippen molar-refractivity contribution in [1.82, 2.24) is 10.0 Å². The third kappa shape index (κ3) is 6.29. The number of benzene rings is 1. The van der Waals surface area contributed by atoms with E-state index in [0.29, 0.717) is 19.0 Å². The smallest absolute Gasteiger partial charge is 0.223 e. The molecule has 0 saturated heterocycles. The van der Waals surface area contributed by atoms with E-state index in [2.05, 4.69) is 10.0 Å². The highest BCUT2D eigenvalue weighted by Crippen LogP contribution is 2.28. The van der Waals surface area contributed by atoms with E-state index in [9.17, 15) is 13.2 Å². The number of carbonyl (C=O) groups is 1.